The van der Waals surface area contributed by atoms with Crippen LogP contribution in [0.2, 0.25) is 0 Å². The van der Waals surface area contributed by atoms with Crippen LogP contribution < -0.4 is 5.43 Å². The van der Waals surface area contributed by atoms with Gasteiger partial charge in [-0.15, -0.1) is 0 Å². The topological polar surface area (TPSA) is 42.7 Å². The third kappa shape index (κ3) is 2.61. The molecule has 0 unspecified atom stereocenters. The van der Waals surface area contributed by atoms with E-state index in [4.69, 9.17) is 4.98 Å². The van der Waals surface area contributed by atoms with E-state index in [9.17, 15) is 0 Å². The molecule has 0 spiro atoms. The molecule has 0 amide bonds. The highest BCUT2D eigenvalue weighted by atomic mass is 15.5. The van der Waals surface area contributed by atoms with Gasteiger partial charge in [-0.2, -0.15) is 0 Å². The number of fused-ring (bicyclic) bond motifs is 1. The molecule has 0 atom stereocenters. The fourth-order valence-corrected chi connectivity index (χ4v) is 2.32. The summed E-state index contributed by atoms with van der Waals surface area (Å²) in [5.74, 6) is 0.891. The van der Waals surface area contributed by atoms with Crippen LogP contribution in [0, 0.1) is 6.92 Å². The minimum Gasteiger partial charge on any atom is -0.317 e. The van der Waals surface area contributed by atoms with Gasteiger partial charge in [0.15, 0.2) is 11.5 Å². The van der Waals surface area contributed by atoms with Crippen LogP contribution >= 0.6 is 0 Å². The molecular weight excluding hydrogens is 260 g/mol. The lowest BCUT2D eigenvalue weighted by atomic mass is 10.1. The van der Waals surface area contributed by atoms with E-state index in [-0.39, 0.29) is 5.54 Å². The van der Waals surface area contributed by atoms with Gasteiger partial charge in [-0.1, -0.05) is 30.3 Å². The highest BCUT2D eigenvalue weighted by Gasteiger charge is 2.19. The summed E-state index contributed by atoms with van der Waals surface area (Å²) in [6.07, 6.45) is 1.83. The summed E-state index contributed by atoms with van der Waals surface area (Å²) in [4.78, 5) is 9.31. The molecule has 21 heavy (non-hydrogen) atoms. The minimum atomic E-state index is -0.0808. The maximum absolute atomic E-state index is 4.80. The Balaban J connectivity index is 2.28. The Morgan fingerprint density at radius 2 is 1.76 bits per heavy atom. The van der Waals surface area contributed by atoms with Gasteiger partial charge in [-0.25, -0.2) is 14.6 Å². The zero-order chi connectivity index (χ0) is 15.0. The highest BCUT2D eigenvalue weighted by Crippen LogP contribution is 2.25. The van der Waals surface area contributed by atoms with E-state index < -0.39 is 0 Å². The number of nitrogens with one attached hydrogen (secondary N) is 1. The first-order chi connectivity index (χ1) is 9.96. The lowest BCUT2D eigenvalue weighted by Crippen LogP contribution is -2.34. The molecule has 0 saturated heterocycles. The van der Waals surface area contributed by atoms with E-state index in [1.807, 2.05) is 35.1 Å². The molecule has 2 heterocycles. The second kappa shape index (κ2) is 4.88. The van der Waals surface area contributed by atoms with Gasteiger partial charge < -0.3 is 5.43 Å². The van der Waals surface area contributed by atoms with Crippen molar-refractivity contribution in [1.29, 1.82) is 0 Å². The average Bonchev–Trinajstić information content (AvgIpc) is 2.78. The predicted molar refractivity (Wildman–Crippen MR) is 86.8 cm³/mol. The Kier molecular flexibility index (Phi) is 3.16. The molecule has 0 aliphatic carbocycles. The Morgan fingerprint density at radius 3 is 2.43 bits per heavy atom. The number of nitrogens with zero attached hydrogens (tertiary/aromatic N) is 3. The summed E-state index contributed by atoms with van der Waals surface area (Å²) in [6.45, 7) is 8.45. The summed E-state index contributed by atoms with van der Waals surface area (Å²) < 4.78 is 2.00. The quantitative estimate of drug-likeness (QED) is 0.777. The third-order valence-electron chi connectivity index (χ3n) is 3.23. The first kappa shape index (κ1) is 13.6. The van der Waals surface area contributed by atoms with Crippen molar-refractivity contribution in [3.8, 4) is 11.4 Å². The smallest absolute Gasteiger partial charge is 0.179 e. The van der Waals surface area contributed by atoms with Crippen LogP contribution in [0.1, 0.15) is 26.3 Å². The maximum Gasteiger partial charge on any atom is 0.179 e. The molecule has 1 N–H and O–H groups in total. The van der Waals surface area contributed by atoms with Crippen LogP contribution in [-0.2, 0) is 0 Å². The van der Waals surface area contributed by atoms with Crippen LogP contribution in [-0.4, -0.2) is 20.2 Å². The van der Waals surface area contributed by atoms with Crippen LogP contribution in [0.15, 0.2) is 42.6 Å². The number of rotatable bonds is 2. The molecule has 3 rings (SSSR count). The van der Waals surface area contributed by atoms with Crippen LogP contribution in [0.3, 0.4) is 0 Å². The largest absolute Gasteiger partial charge is 0.317 e. The standard InChI is InChI=1S/C17H20N4/c1-12-10-11-18-16-14(12)19-15(13-8-6-5-7-9-13)21(16)20-17(2,3)4/h5-11,20H,1-4H3. The molecule has 0 aliphatic rings. The molecule has 3 aromatic rings. The number of aromatic nitrogens is 3. The van der Waals surface area contributed by atoms with E-state index in [1.54, 1.807) is 0 Å². The molecule has 108 valence electrons. The van der Waals surface area contributed by atoms with Gasteiger partial charge in [0.25, 0.3) is 0 Å². The van der Waals surface area contributed by atoms with Gasteiger partial charge in [0.2, 0.25) is 0 Å². The second-order valence-corrected chi connectivity index (χ2v) is 6.30. The highest BCUT2D eigenvalue weighted by molar-refractivity contribution is 5.80. The summed E-state index contributed by atoms with van der Waals surface area (Å²) in [5, 5.41) is 0. The fourth-order valence-electron chi connectivity index (χ4n) is 2.32. The Hall–Kier alpha value is -2.36. The molecule has 0 aliphatic heterocycles. The number of benzene rings is 1. The lowest BCUT2D eigenvalue weighted by Gasteiger charge is -2.24. The molecule has 4 nitrogen and oxygen atoms in total. The first-order valence-corrected chi connectivity index (χ1v) is 7.13. The summed E-state index contributed by atoms with van der Waals surface area (Å²) in [7, 11) is 0. The van der Waals surface area contributed by atoms with Crippen molar-refractivity contribution in [2.75, 3.05) is 5.43 Å². The van der Waals surface area contributed by atoms with Gasteiger partial charge in [0.05, 0.1) is 0 Å². The molecule has 1 aromatic carbocycles. The Labute approximate surface area is 124 Å². The number of hydrogen-bond donors (Lipinski definition) is 1. The number of aryl methyl sites for hydroxylation is 1. The van der Waals surface area contributed by atoms with E-state index in [2.05, 4.69) is 50.2 Å². The molecule has 0 bridgehead atoms. The normalized spacial score (nSPS) is 11.8. The molecule has 0 fully saturated rings. The summed E-state index contributed by atoms with van der Waals surface area (Å²) in [6, 6.07) is 12.2. The Bertz CT molecular complexity index is 767. The van der Waals surface area contributed by atoms with Gasteiger partial charge in [0.1, 0.15) is 5.52 Å². The maximum atomic E-state index is 4.80. The number of hydrogen-bond acceptors (Lipinski definition) is 3. The van der Waals surface area contributed by atoms with Crippen molar-refractivity contribution in [2.45, 2.75) is 33.2 Å². The molecular formula is C17H20N4. The van der Waals surface area contributed by atoms with Gasteiger partial charge >= 0.3 is 0 Å². The van der Waals surface area contributed by atoms with E-state index in [1.165, 1.54) is 0 Å². The molecule has 0 radical (unpaired) electrons. The van der Waals surface area contributed by atoms with E-state index in [0.717, 1.165) is 28.1 Å². The van der Waals surface area contributed by atoms with Gasteiger partial charge in [-0.3, -0.25) is 0 Å². The van der Waals surface area contributed by atoms with Crippen molar-refractivity contribution < 1.29 is 0 Å². The number of pyridine rings is 1. The van der Waals surface area contributed by atoms with Crippen LogP contribution in [0.5, 0.6) is 0 Å². The lowest BCUT2D eigenvalue weighted by molar-refractivity contribution is 0.561. The van der Waals surface area contributed by atoms with Crippen molar-refractivity contribution in [2.24, 2.45) is 0 Å². The van der Waals surface area contributed by atoms with E-state index >= 15 is 0 Å². The molecule has 4 heteroatoms. The summed E-state index contributed by atoms with van der Waals surface area (Å²) >= 11 is 0. The zero-order valence-corrected chi connectivity index (χ0v) is 12.9. The fraction of sp³-hybridized carbons (Fsp3) is 0.294. The van der Waals surface area contributed by atoms with Gasteiger partial charge in [0, 0.05) is 17.3 Å². The molecule has 2 aromatic heterocycles. The second-order valence-electron chi connectivity index (χ2n) is 6.30. The van der Waals surface area contributed by atoms with E-state index in [0.29, 0.717) is 0 Å². The average molecular weight is 280 g/mol. The summed E-state index contributed by atoms with van der Waals surface area (Å²) in [5.41, 5.74) is 7.42. The Morgan fingerprint density at radius 1 is 1.05 bits per heavy atom. The number of imidazole rings is 1. The van der Waals surface area contributed by atoms with Crippen molar-refractivity contribution >= 4 is 11.2 Å². The SMILES string of the molecule is Cc1ccnc2c1nc(-c1ccccc1)n2NC(C)(C)C. The first-order valence-electron chi connectivity index (χ1n) is 7.13. The predicted octanol–water partition coefficient (Wildman–Crippen LogP) is 3.75. The van der Waals surface area contributed by atoms with Crippen LogP contribution in [0.25, 0.3) is 22.6 Å². The minimum absolute atomic E-state index is 0.0808. The van der Waals surface area contributed by atoms with Gasteiger partial charge in [-0.05, 0) is 39.3 Å². The van der Waals surface area contributed by atoms with Crippen LogP contribution in [0.4, 0.5) is 0 Å². The third-order valence-corrected chi connectivity index (χ3v) is 3.23. The zero-order valence-electron chi connectivity index (χ0n) is 12.9. The molecule has 0 saturated carbocycles. The van der Waals surface area contributed by atoms with Crippen molar-refractivity contribution in [3.05, 3.63) is 48.2 Å². The monoisotopic (exact) mass is 280 g/mol. The van der Waals surface area contributed by atoms with Crippen molar-refractivity contribution in [3.63, 3.8) is 0 Å². The van der Waals surface area contributed by atoms with Crippen molar-refractivity contribution in [1.82, 2.24) is 14.6 Å².